The molecule has 57 heavy (non-hydrogen) atoms. The molecule has 1 unspecified atom stereocenters. The Labute approximate surface area is 325 Å². The highest BCUT2D eigenvalue weighted by atomic mass is 31.2. The quantitative estimate of drug-likeness (QED) is 0.0873. The van der Waals surface area contributed by atoms with Gasteiger partial charge in [0.05, 0.1) is 21.7 Å². The average molecular weight is 776 g/mol. The normalized spacial score (nSPS) is 14.0. The predicted molar refractivity (Wildman–Crippen MR) is 213 cm³/mol. The fraction of sp³-hybridized carbons (Fsp3) is 0.0222. The number of aromatic hydroxyl groups is 1. The molecular weight excluding hydrogens is 745 g/mol. The van der Waals surface area contributed by atoms with Crippen LogP contribution < -0.4 is 34.7 Å². The monoisotopic (exact) mass is 775 g/mol. The van der Waals surface area contributed by atoms with E-state index in [1.165, 1.54) is 61.5 Å². The summed E-state index contributed by atoms with van der Waals surface area (Å²) in [7, 11) is -4.02. The summed E-state index contributed by atoms with van der Waals surface area (Å²) in [5.74, 6) is -1.92. The van der Waals surface area contributed by atoms with Crippen LogP contribution >= 0.6 is 7.37 Å². The van der Waals surface area contributed by atoms with Gasteiger partial charge in [-0.05, 0) is 113 Å². The summed E-state index contributed by atoms with van der Waals surface area (Å²) in [6, 6.07) is 40.2. The first-order chi connectivity index (χ1) is 27.5. The van der Waals surface area contributed by atoms with Gasteiger partial charge in [-0.2, -0.15) is 0 Å². The maximum Gasteiger partial charge on any atom is 0.343 e. The van der Waals surface area contributed by atoms with E-state index < -0.39 is 25.3 Å². The first-order valence-corrected chi connectivity index (χ1v) is 19.2. The second-order valence-electron chi connectivity index (χ2n) is 13.0. The van der Waals surface area contributed by atoms with Crippen molar-refractivity contribution in [3.05, 3.63) is 168 Å². The number of carbonyl (C=O) groups excluding carboxylic acids is 4. The number of rotatable bonds is 8. The van der Waals surface area contributed by atoms with Crippen LogP contribution in [0.15, 0.2) is 152 Å². The van der Waals surface area contributed by atoms with E-state index in [1.54, 1.807) is 72.8 Å². The van der Waals surface area contributed by atoms with Crippen molar-refractivity contribution in [2.24, 2.45) is 0 Å². The number of amides is 1. The molecule has 0 aromatic heterocycles. The molecule has 7 aromatic carbocycles. The molecule has 0 saturated carbocycles. The van der Waals surface area contributed by atoms with Gasteiger partial charge in [0.25, 0.3) is 5.91 Å². The lowest BCUT2D eigenvalue weighted by Crippen LogP contribution is -2.27. The number of esters is 3. The number of phenols is 1. The minimum atomic E-state index is -4.02. The summed E-state index contributed by atoms with van der Waals surface area (Å²) in [6.45, 7) is 1.23. The molecule has 8 rings (SSSR count). The van der Waals surface area contributed by atoms with Crippen LogP contribution in [-0.2, 0) is 9.36 Å². The summed E-state index contributed by atoms with van der Waals surface area (Å²) in [4.78, 5) is 51.7. The van der Waals surface area contributed by atoms with E-state index in [0.717, 1.165) is 16.3 Å². The van der Waals surface area contributed by atoms with Crippen LogP contribution in [-0.4, -0.2) is 28.9 Å². The summed E-state index contributed by atoms with van der Waals surface area (Å²) in [5, 5.41) is 14.5. The maximum absolute atomic E-state index is 15.1. The topological polar surface area (TPSA) is 155 Å². The minimum Gasteiger partial charge on any atom is -0.508 e. The number of benzene rings is 7. The Morgan fingerprint density at radius 1 is 0.579 bits per heavy atom. The van der Waals surface area contributed by atoms with Crippen LogP contribution in [0, 0.1) is 0 Å². The molecule has 1 aliphatic rings. The van der Waals surface area contributed by atoms with E-state index in [-0.39, 0.29) is 45.3 Å². The predicted octanol–water partition coefficient (Wildman–Crippen LogP) is 8.45. The van der Waals surface area contributed by atoms with Crippen molar-refractivity contribution in [1.29, 1.82) is 0 Å². The van der Waals surface area contributed by atoms with Gasteiger partial charge in [-0.3, -0.25) is 14.2 Å². The number of nitrogens with one attached hydrogen (secondary N) is 1. The highest BCUT2D eigenvalue weighted by Gasteiger charge is 2.41. The number of hydrogen-bond donors (Lipinski definition) is 2. The fourth-order valence-corrected chi connectivity index (χ4v) is 8.81. The van der Waals surface area contributed by atoms with Crippen molar-refractivity contribution >= 4 is 58.3 Å². The largest absolute Gasteiger partial charge is 0.508 e. The van der Waals surface area contributed by atoms with Gasteiger partial charge < -0.3 is 29.2 Å². The van der Waals surface area contributed by atoms with E-state index >= 15 is 4.57 Å². The van der Waals surface area contributed by atoms with Crippen molar-refractivity contribution in [1.82, 2.24) is 0 Å². The molecular formula is C45H30NO10P. The van der Waals surface area contributed by atoms with Gasteiger partial charge in [0.2, 0.25) is 0 Å². The van der Waals surface area contributed by atoms with Gasteiger partial charge >= 0.3 is 25.3 Å². The number of ether oxygens (including phenoxy) is 3. The Bertz CT molecular complexity index is 2820. The molecule has 280 valence electrons. The second-order valence-corrected chi connectivity index (χ2v) is 15.2. The molecule has 0 bridgehead atoms. The van der Waals surface area contributed by atoms with Gasteiger partial charge in [0.15, 0.2) is 0 Å². The lowest BCUT2D eigenvalue weighted by atomic mass is 10.0. The van der Waals surface area contributed by atoms with Crippen molar-refractivity contribution < 1.29 is 47.6 Å². The van der Waals surface area contributed by atoms with Crippen LogP contribution in [0.5, 0.6) is 28.7 Å². The standard InChI is InChI=1S/C45H30NO10P/c1-27(47)53-36-21-22-40(42(26-36)57(52)41-12-5-3-10-38(41)37-9-2-4-11-39(37)56-57)55-45(51)32-8-6-7-31(24-32)44(50)54-35-19-16-33(17-20-35)46-43(49)30-14-13-29-25-34(48)18-15-28(29)23-30/h2-26,48H,1H3,(H,46,49). The SMILES string of the molecule is CC(=O)Oc1ccc(OC(=O)c2cccc(C(=O)Oc3ccc(NC(=O)c4ccc5cc(O)ccc5c4)cc3)c2)c(P2(=O)Oc3ccccc3-c3ccccc32)c1. The summed E-state index contributed by atoms with van der Waals surface area (Å²) < 4.78 is 38.0. The molecule has 0 spiro atoms. The Kier molecular flexibility index (Phi) is 9.59. The van der Waals surface area contributed by atoms with E-state index in [1.807, 2.05) is 24.3 Å². The van der Waals surface area contributed by atoms with Crippen molar-refractivity contribution in [3.63, 3.8) is 0 Å². The van der Waals surface area contributed by atoms with Gasteiger partial charge in [0.1, 0.15) is 28.7 Å². The van der Waals surface area contributed by atoms with E-state index in [0.29, 0.717) is 27.9 Å². The highest BCUT2D eigenvalue weighted by molar-refractivity contribution is 7.75. The Hall–Kier alpha value is -7.49. The molecule has 0 fully saturated rings. The number of para-hydroxylation sites is 1. The molecule has 1 heterocycles. The zero-order valence-corrected chi connectivity index (χ0v) is 30.9. The molecule has 2 N–H and O–H groups in total. The molecule has 1 aliphatic heterocycles. The van der Waals surface area contributed by atoms with Gasteiger partial charge in [0, 0.05) is 23.7 Å². The van der Waals surface area contributed by atoms with Crippen molar-refractivity contribution in [2.75, 3.05) is 5.32 Å². The van der Waals surface area contributed by atoms with Crippen molar-refractivity contribution in [3.8, 4) is 39.9 Å². The highest BCUT2D eigenvalue weighted by Crippen LogP contribution is 2.55. The lowest BCUT2D eigenvalue weighted by molar-refractivity contribution is -0.131. The third-order valence-corrected chi connectivity index (χ3v) is 11.5. The summed E-state index contributed by atoms with van der Waals surface area (Å²) in [6.07, 6.45) is 0. The Morgan fingerprint density at radius 3 is 2.02 bits per heavy atom. The van der Waals surface area contributed by atoms with Crippen LogP contribution in [0.2, 0.25) is 0 Å². The molecule has 12 heteroatoms. The van der Waals surface area contributed by atoms with Crippen molar-refractivity contribution in [2.45, 2.75) is 6.92 Å². The molecule has 7 aromatic rings. The third-order valence-electron chi connectivity index (χ3n) is 9.08. The Morgan fingerprint density at radius 2 is 1.25 bits per heavy atom. The molecule has 11 nitrogen and oxygen atoms in total. The first kappa shape index (κ1) is 36.5. The number of anilines is 1. The average Bonchev–Trinajstić information content (AvgIpc) is 3.21. The van der Waals surface area contributed by atoms with Gasteiger partial charge in [-0.1, -0.05) is 54.6 Å². The fourth-order valence-electron chi connectivity index (χ4n) is 6.42. The minimum absolute atomic E-state index is 0.00314. The van der Waals surface area contributed by atoms with Gasteiger partial charge in [-0.25, -0.2) is 9.59 Å². The molecule has 1 amide bonds. The molecule has 1 atom stereocenters. The van der Waals surface area contributed by atoms with E-state index in [4.69, 9.17) is 18.7 Å². The van der Waals surface area contributed by atoms with Crippen LogP contribution in [0.4, 0.5) is 5.69 Å². The number of phenolic OH excluding ortho intramolecular Hbond substituents is 1. The number of hydrogen-bond acceptors (Lipinski definition) is 10. The molecule has 0 saturated heterocycles. The molecule has 0 aliphatic carbocycles. The van der Waals surface area contributed by atoms with Crippen LogP contribution in [0.3, 0.4) is 0 Å². The third kappa shape index (κ3) is 7.47. The maximum atomic E-state index is 15.1. The van der Waals surface area contributed by atoms with Crippen LogP contribution in [0.25, 0.3) is 21.9 Å². The Balaban J connectivity index is 0.994. The second kappa shape index (κ2) is 15.0. The summed E-state index contributed by atoms with van der Waals surface area (Å²) >= 11 is 0. The number of carbonyl (C=O) groups is 4. The summed E-state index contributed by atoms with van der Waals surface area (Å²) in [5.41, 5.74) is 2.34. The first-order valence-electron chi connectivity index (χ1n) is 17.5. The zero-order valence-electron chi connectivity index (χ0n) is 30.0. The molecule has 0 radical (unpaired) electrons. The van der Waals surface area contributed by atoms with E-state index in [9.17, 15) is 24.3 Å². The number of fused-ring (bicyclic) bond motifs is 4. The smallest absolute Gasteiger partial charge is 0.343 e. The van der Waals surface area contributed by atoms with Crippen LogP contribution in [0.1, 0.15) is 38.0 Å². The van der Waals surface area contributed by atoms with Gasteiger partial charge in [-0.15, -0.1) is 0 Å². The zero-order chi connectivity index (χ0) is 39.7. The lowest BCUT2D eigenvalue weighted by Gasteiger charge is -2.29. The van der Waals surface area contributed by atoms with E-state index in [2.05, 4.69) is 5.32 Å².